The maximum absolute atomic E-state index is 8.83. The van der Waals surface area contributed by atoms with Crippen molar-refractivity contribution in [2.75, 3.05) is 18.2 Å². The van der Waals surface area contributed by atoms with Crippen LogP contribution in [-0.2, 0) is 4.74 Å². The van der Waals surface area contributed by atoms with Gasteiger partial charge in [-0.2, -0.15) is 5.26 Å². The van der Waals surface area contributed by atoms with Gasteiger partial charge in [-0.25, -0.2) is 0 Å². The molecule has 0 spiro atoms. The average molecular weight is 245 g/mol. The van der Waals surface area contributed by atoms with E-state index in [0.717, 1.165) is 12.1 Å². The number of benzene rings is 1. The first-order valence-electron chi connectivity index (χ1n) is 6.08. The number of hydrogen-bond acceptors (Lipinski definition) is 4. The van der Waals surface area contributed by atoms with Gasteiger partial charge in [0.2, 0.25) is 0 Å². The van der Waals surface area contributed by atoms with Crippen LogP contribution in [0.25, 0.3) is 0 Å². The quantitative estimate of drug-likeness (QED) is 0.802. The molecule has 0 amide bonds. The smallest absolute Gasteiger partial charge is 0.101 e. The van der Waals surface area contributed by atoms with E-state index in [0.29, 0.717) is 23.4 Å². The van der Waals surface area contributed by atoms with Gasteiger partial charge in [0.25, 0.3) is 0 Å². The third-order valence-electron chi connectivity index (χ3n) is 3.98. The van der Waals surface area contributed by atoms with Crippen LogP contribution in [0, 0.1) is 16.7 Å². The van der Waals surface area contributed by atoms with Crippen LogP contribution in [0.5, 0.6) is 0 Å². The van der Waals surface area contributed by atoms with Gasteiger partial charge in [0.15, 0.2) is 0 Å². The largest absolute Gasteiger partial charge is 0.398 e. The zero-order chi connectivity index (χ0) is 13.3. The van der Waals surface area contributed by atoms with E-state index < -0.39 is 0 Å². The van der Waals surface area contributed by atoms with Crippen LogP contribution in [0.1, 0.15) is 25.8 Å². The first-order valence-corrected chi connectivity index (χ1v) is 6.08. The van der Waals surface area contributed by atoms with E-state index in [2.05, 4.69) is 25.2 Å². The van der Waals surface area contributed by atoms with Gasteiger partial charge in [-0.15, -0.1) is 0 Å². The molecule has 18 heavy (non-hydrogen) atoms. The van der Waals surface area contributed by atoms with Crippen LogP contribution in [0.15, 0.2) is 18.2 Å². The fourth-order valence-corrected chi connectivity index (χ4v) is 2.49. The zero-order valence-electron chi connectivity index (χ0n) is 11.0. The van der Waals surface area contributed by atoms with Crippen molar-refractivity contribution in [3.63, 3.8) is 0 Å². The third kappa shape index (κ3) is 2.02. The van der Waals surface area contributed by atoms with Crippen molar-refractivity contribution < 1.29 is 4.74 Å². The summed E-state index contributed by atoms with van der Waals surface area (Å²) in [6.07, 6.45) is 1.29. The standard InChI is InChI=1S/C14H19N3O/c1-14(2)12(7-13(14)18-3)17-10-5-4-9(8-15)11(16)6-10/h4-6,12-13,17H,7,16H2,1-3H3. The molecular weight excluding hydrogens is 226 g/mol. The van der Waals surface area contributed by atoms with Gasteiger partial charge in [0.1, 0.15) is 6.07 Å². The van der Waals surface area contributed by atoms with E-state index in [9.17, 15) is 0 Å². The SMILES string of the molecule is COC1CC(Nc2ccc(C#N)c(N)c2)C1(C)C. The fraction of sp³-hybridized carbons (Fsp3) is 0.500. The molecule has 0 aliphatic heterocycles. The summed E-state index contributed by atoms with van der Waals surface area (Å²) in [5.74, 6) is 0. The Hall–Kier alpha value is -1.73. The number of nitrogens with zero attached hydrogens (tertiary/aromatic N) is 1. The lowest BCUT2D eigenvalue weighted by molar-refractivity contribution is -0.0794. The number of nitriles is 1. The van der Waals surface area contributed by atoms with E-state index in [1.54, 1.807) is 13.2 Å². The van der Waals surface area contributed by atoms with Crippen LogP contribution in [-0.4, -0.2) is 19.3 Å². The van der Waals surface area contributed by atoms with E-state index in [1.807, 2.05) is 12.1 Å². The molecule has 0 radical (unpaired) electrons. The maximum atomic E-state index is 8.83. The second kappa shape index (κ2) is 4.51. The highest BCUT2D eigenvalue weighted by atomic mass is 16.5. The molecule has 1 aromatic carbocycles. The molecule has 1 aliphatic rings. The van der Waals surface area contributed by atoms with E-state index in [-0.39, 0.29) is 5.41 Å². The Morgan fingerprint density at radius 1 is 1.50 bits per heavy atom. The molecule has 2 unspecified atom stereocenters. The molecule has 4 nitrogen and oxygen atoms in total. The Bertz CT molecular complexity index is 490. The molecule has 0 bridgehead atoms. The molecule has 2 rings (SSSR count). The van der Waals surface area contributed by atoms with Gasteiger partial charge in [0, 0.05) is 24.3 Å². The summed E-state index contributed by atoms with van der Waals surface area (Å²) < 4.78 is 5.42. The minimum Gasteiger partial charge on any atom is -0.398 e. The van der Waals surface area contributed by atoms with Gasteiger partial charge >= 0.3 is 0 Å². The minimum absolute atomic E-state index is 0.109. The highest BCUT2D eigenvalue weighted by Gasteiger charge is 2.48. The van der Waals surface area contributed by atoms with Gasteiger partial charge < -0.3 is 15.8 Å². The van der Waals surface area contributed by atoms with E-state index in [1.165, 1.54) is 0 Å². The second-order valence-electron chi connectivity index (χ2n) is 5.39. The average Bonchev–Trinajstić information content (AvgIpc) is 2.34. The van der Waals surface area contributed by atoms with Crippen molar-refractivity contribution in [2.24, 2.45) is 5.41 Å². The van der Waals surface area contributed by atoms with Gasteiger partial charge in [-0.3, -0.25) is 0 Å². The summed E-state index contributed by atoms with van der Waals surface area (Å²) in [5.41, 5.74) is 7.90. The van der Waals surface area contributed by atoms with Gasteiger partial charge in [-0.05, 0) is 24.6 Å². The molecule has 1 fully saturated rings. The molecular formula is C14H19N3O. The van der Waals surface area contributed by atoms with Crippen LogP contribution < -0.4 is 11.1 Å². The molecule has 0 heterocycles. The monoisotopic (exact) mass is 245 g/mol. The topological polar surface area (TPSA) is 71.1 Å². The zero-order valence-corrected chi connectivity index (χ0v) is 11.0. The predicted octanol–water partition coefficient (Wildman–Crippen LogP) is 2.37. The lowest BCUT2D eigenvalue weighted by Gasteiger charge is -2.51. The van der Waals surface area contributed by atoms with Crippen LogP contribution in [0.4, 0.5) is 11.4 Å². The molecule has 0 aromatic heterocycles. The highest BCUT2D eigenvalue weighted by Crippen LogP contribution is 2.44. The summed E-state index contributed by atoms with van der Waals surface area (Å²) in [6.45, 7) is 4.38. The third-order valence-corrected chi connectivity index (χ3v) is 3.98. The van der Waals surface area contributed by atoms with Crippen molar-refractivity contribution >= 4 is 11.4 Å². The highest BCUT2D eigenvalue weighted by molar-refractivity contribution is 5.63. The number of methoxy groups -OCH3 is 1. The molecule has 1 saturated carbocycles. The number of hydrogen-bond donors (Lipinski definition) is 2. The summed E-state index contributed by atoms with van der Waals surface area (Å²) in [6, 6.07) is 7.89. The van der Waals surface area contributed by atoms with Crippen molar-refractivity contribution in [2.45, 2.75) is 32.4 Å². The second-order valence-corrected chi connectivity index (χ2v) is 5.39. The number of rotatable bonds is 3. The number of anilines is 2. The summed E-state index contributed by atoms with van der Waals surface area (Å²) in [7, 11) is 1.75. The summed E-state index contributed by atoms with van der Waals surface area (Å²) >= 11 is 0. The molecule has 3 N–H and O–H groups in total. The van der Waals surface area contributed by atoms with Crippen molar-refractivity contribution in [3.05, 3.63) is 23.8 Å². The molecule has 2 atom stereocenters. The molecule has 96 valence electrons. The normalized spacial score (nSPS) is 25.0. The number of nitrogen functional groups attached to an aromatic ring is 1. The van der Waals surface area contributed by atoms with Crippen LogP contribution in [0.3, 0.4) is 0 Å². The van der Waals surface area contributed by atoms with Crippen LogP contribution >= 0.6 is 0 Å². The maximum Gasteiger partial charge on any atom is 0.101 e. The van der Waals surface area contributed by atoms with Gasteiger partial charge in [0.05, 0.1) is 17.4 Å². The molecule has 4 heteroatoms. The molecule has 1 aliphatic carbocycles. The lowest BCUT2D eigenvalue weighted by Crippen LogP contribution is -2.57. The number of nitrogens with one attached hydrogen (secondary N) is 1. The summed E-state index contributed by atoms with van der Waals surface area (Å²) in [5, 5.41) is 12.3. The van der Waals surface area contributed by atoms with E-state index >= 15 is 0 Å². The first-order chi connectivity index (χ1) is 8.48. The number of ether oxygens (including phenoxy) is 1. The Labute approximate surface area is 108 Å². The first kappa shape index (κ1) is 12.7. The Morgan fingerprint density at radius 2 is 2.22 bits per heavy atom. The minimum atomic E-state index is 0.109. The van der Waals surface area contributed by atoms with Crippen molar-refractivity contribution in [1.29, 1.82) is 5.26 Å². The number of nitrogens with two attached hydrogens (primary N) is 1. The molecule has 0 saturated heterocycles. The Balaban J connectivity index is 2.08. The van der Waals surface area contributed by atoms with Crippen molar-refractivity contribution in [3.8, 4) is 6.07 Å². The molecule has 1 aromatic rings. The van der Waals surface area contributed by atoms with Gasteiger partial charge in [-0.1, -0.05) is 13.8 Å². The van der Waals surface area contributed by atoms with Crippen molar-refractivity contribution in [1.82, 2.24) is 0 Å². The lowest BCUT2D eigenvalue weighted by atomic mass is 9.64. The summed E-state index contributed by atoms with van der Waals surface area (Å²) in [4.78, 5) is 0. The van der Waals surface area contributed by atoms with E-state index in [4.69, 9.17) is 15.7 Å². The predicted molar refractivity (Wildman–Crippen MR) is 72.2 cm³/mol. The van der Waals surface area contributed by atoms with Crippen LogP contribution in [0.2, 0.25) is 0 Å². The Kier molecular flexibility index (Phi) is 3.18. The Morgan fingerprint density at radius 3 is 2.72 bits per heavy atom. The fourth-order valence-electron chi connectivity index (χ4n) is 2.49.